The number of thioether (sulfide) groups is 1. The van der Waals surface area contributed by atoms with Crippen LogP contribution in [-0.2, 0) is 20.6 Å². The smallest absolute Gasteiger partial charge is 0.255 e. The Kier molecular flexibility index (Phi) is 6.73. The Bertz CT molecular complexity index is 1030. The normalized spacial score (nSPS) is 13.7. The summed E-state index contributed by atoms with van der Waals surface area (Å²) in [5, 5.41) is 5.60. The fourth-order valence-corrected chi connectivity index (χ4v) is 4.75. The number of nitrogens with one attached hydrogen (secondary N) is 3. The van der Waals surface area contributed by atoms with Gasteiger partial charge in [-0.1, -0.05) is 18.2 Å². The predicted molar refractivity (Wildman–Crippen MR) is 116 cm³/mol. The minimum atomic E-state index is -3.44. The van der Waals surface area contributed by atoms with Gasteiger partial charge in [0.25, 0.3) is 5.91 Å². The molecule has 1 heterocycles. The first kappa shape index (κ1) is 21.1. The van der Waals surface area contributed by atoms with E-state index in [0.29, 0.717) is 34.7 Å². The topological polar surface area (TPSA) is 104 Å². The third-order valence-corrected chi connectivity index (χ3v) is 6.51. The molecule has 0 fully saturated rings. The van der Waals surface area contributed by atoms with Crippen molar-refractivity contribution in [2.75, 3.05) is 22.9 Å². The van der Waals surface area contributed by atoms with Crippen molar-refractivity contribution in [1.82, 2.24) is 4.72 Å². The van der Waals surface area contributed by atoms with E-state index in [0.717, 1.165) is 4.90 Å². The average Bonchev–Trinajstić information content (AvgIpc) is 2.87. The molecule has 0 saturated carbocycles. The van der Waals surface area contributed by atoms with E-state index < -0.39 is 10.0 Å². The second-order valence-corrected chi connectivity index (χ2v) is 9.35. The summed E-state index contributed by atoms with van der Waals surface area (Å²) in [5.74, 6) is 0.165. The lowest BCUT2D eigenvalue weighted by atomic mass is 10.1. The van der Waals surface area contributed by atoms with Crippen molar-refractivity contribution >= 4 is 45.0 Å². The van der Waals surface area contributed by atoms with Crippen molar-refractivity contribution in [3.8, 4) is 0 Å². The van der Waals surface area contributed by atoms with Gasteiger partial charge in [0.1, 0.15) is 0 Å². The Morgan fingerprint density at radius 2 is 1.97 bits per heavy atom. The molecular formula is C20H21N3O4S2. The van der Waals surface area contributed by atoms with Crippen LogP contribution in [-0.4, -0.2) is 32.5 Å². The molecule has 1 aliphatic heterocycles. The fourth-order valence-electron chi connectivity index (χ4n) is 2.71. The minimum absolute atomic E-state index is 0.0677. The molecular weight excluding hydrogens is 410 g/mol. The summed E-state index contributed by atoms with van der Waals surface area (Å²) in [6.07, 6.45) is 1.91. The molecule has 0 spiro atoms. The second-order valence-electron chi connectivity index (χ2n) is 6.40. The van der Waals surface area contributed by atoms with Gasteiger partial charge in [-0.3, -0.25) is 9.59 Å². The van der Waals surface area contributed by atoms with E-state index in [-0.39, 0.29) is 24.1 Å². The van der Waals surface area contributed by atoms with Crippen LogP contribution in [0.1, 0.15) is 22.3 Å². The van der Waals surface area contributed by atoms with Crippen LogP contribution in [0.3, 0.4) is 0 Å². The number of amides is 2. The molecule has 9 heteroatoms. The highest BCUT2D eigenvalue weighted by Gasteiger charge is 2.16. The van der Waals surface area contributed by atoms with E-state index in [2.05, 4.69) is 21.9 Å². The van der Waals surface area contributed by atoms with Gasteiger partial charge in [-0.2, -0.15) is 0 Å². The Labute approximate surface area is 174 Å². The number of sulfonamides is 1. The van der Waals surface area contributed by atoms with Crippen LogP contribution in [0.2, 0.25) is 0 Å². The summed E-state index contributed by atoms with van der Waals surface area (Å²) in [6, 6.07) is 11.8. The van der Waals surface area contributed by atoms with Gasteiger partial charge in [0.05, 0.1) is 11.4 Å². The van der Waals surface area contributed by atoms with Gasteiger partial charge < -0.3 is 10.6 Å². The van der Waals surface area contributed by atoms with Crippen molar-refractivity contribution in [2.45, 2.75) is 17.1 Å². The Morgan fingerprint density at radius 1 is 1.21 bits per heavy atom. The van der Waals surface area contributed by atoms with Gasteiger partial charge in [-0.05, 0) is 35.9 Å². The van der Waals surface area contributed by atoms with Gasteiger partial charge in [-0.15, -0.1) is 18.3 Å². The van der Waals surface area contributed by atoms with Crippen LogP contribution in [0, 0.1) is 0 Å². The minimum Gasteiger partial charge on any atom is -0.325 e. The van der Waals surface area contributed by atoms with Crippen molar-refractivity contribution in [1.29, 1.82) is 0 Å². The van der Waals surface area contributed by atoms with E-state index in [1.54, 1.807) is 48.2 Å². The van der Waals surface area contributed by atoms with Crippen molar-refractivity contribution < 1.29 is 18.0 Å². The van der Waals surface area contributed by atoms with Gasteiger partial charge in [0, 0.05) is 34.9 Å². The molecule has 0 radical (unpaired) electrons. The molecule has 2 aromatic rings. The molecule has 29 heavy (non-hydrogen) atoms. The Hall–Kier alpha value is -2.62. The molecule has 1 aliphatic rings. The molecule has 7 nitrogen and oxygen atoms in total. The van der Waals surface area contributed by atoms with Gasteiger partial charge >= 0.3 is 0 Å². The maximum absolute atomic E-state index is 12.6. The van der Waals surface area contributed by atoms with Crippen molar-refractivity contribution in [3.05, 3.63) is 66.2 Å². The van der Waals surface area contributed by atoms with Crippen LogP contribution in [0.25, 0.3) is 0 Å². The van der Waals surface area contributed by atoms with Crippen LogP contribution in [0.4, 0.5) is 11.4 Å². The van der Waals surface area contributed by atoms with Gasteiger partial charge in [-0.25, -0.2) is 13.1 Å². The highest BCUT2D eigenvalue weighted by molar-refractivity contribution is 7.99. The third kappa shape index (κ3) is 5.93. The van der Waals surface area contributed by atoms with Crippen LogP contribution < -0.4 is 15.4 Å². The molecule has 0 unspecified atom stereocenters. The third-order valence-electron chi connectivity index (χ3n) is 4.12. The molecule has 0 bridgehead atoms. The molecule has 3 rings (SSSR count). The quantitative estimate of drug-likeness (QED) is 0.585. The summed E-state index contributed by atoms with van der Waals surface area (Å²) in [4.78, 5) is 25.2. The van der Waals surface area contributed by atoms with Crippen LogP contribution in [0.15, 0.2) is 60.0 Å². The lowest BCUT2D eigenvalue weighted by Gasteiger charge is -2.10. The Balaban J connectivity index is 1.67. The summed E-state index contributed by atoms with van der Waals surface area (Å²) in [6.45, 7) is 3.65. The highest BCUT2D eigenvalue weighted by atomic mass is 32.2. The summed E-state index contributed by atoms with van der Waals surface area (Å²) in [5.41, 5.74) is 2.21. The number of fused-ring (bicyclic) bond motifs is 1. The largest absolute Gasteiger partial charge is 0.325 e. The lowest BCUT2D eigenvalue weighted by Crippen LogP contribution is -2.25. The fraction of sp³-hybridized carbons (Fsp3) is 0.200. The Morgan fingerprint density at radius 3 is 2.69 bits per heavy atom. The molecule has 0 atom stereocenters. The lowest BCUT2D eigenvalue weighted by molar-refractivity contribution is -0.115. The molecule has 3 N–H and O–H groups in total. The number of carbonyl (C=O) groups excluding carboxylic acids is 2. The van der Waals surface area contributed by atoms with Crippen LogP contribution >= 0.6 is 11.8 Å². The number of benzene rings is 2. The van der Waals surface area contributed by atoms with Gasteiger partial charge in [0.2, 0.25) is 15.9 Å². The zero-order chi connectivity index (χ0) is 20.9. The zero-order valence-corrected chi connectivity index (χ0v) is 17.2. The number of rotatable bonds is 7. The highest BCUT2D eigenvalue weighted by Crippen LogP contribution is 2.31. The van der Waals surface area contributed by atoms with E-state index in [1.165, 1.54) is 6.08 Å². The molecule has 0 aliphatic carbocycles. The van der Waals surface area contributed by atoms with E-state index in [9.17, 15) is 18.0 Å². The monoisotopic (exact) mass is 431 g/mol. The molecule has 0 aromatic heterocycles. The molecule has 2 amide bonds. The average molecular weight is 432 g/mol. The second kappa shape index (κ2) is 9.25. The van der Waals surface area contributed by atoms with Crippen LogP contribution in [0.5, 0.6) is 0 Å². The van der Waals surface area contributed by atoms with E-state index >= 15 is 0 Å². The number of hydrogen-bond donors (Lipinski definition) is 3. The summed E-state index contributed by atoms with van der Waals surface area (Å²) >= 11 is 1.57. The summed E-state index contributed by atoms with van der Waals surface area (Å²) in [7, 11) is -3.44. The standard InChI is InChI=1S/C20H21N3O4S2/c1-2-10-21-29(26,27)13-14-3-6-16(7-4-14)22-20(25)15-5-8-18-17(12-15)23-19(24)9-11-28-18/h2-8,12,21H,1,9-11,13H2,(H,22,25)(H,23,24). The number of hydrogen-bond acceptors (Lipinski definition) is 5. The van der Waals surface area contributed by atoms with Gasteiger partial charge in [0.15, 0.2) is 0 Å². The van der Waals surface area contributed by atoms with E-state index in [4.69, 9.17) is 0 Å². The van der Waals surface area contributed by atoms with Crippen molar-refractivity contribution in [3.63, 3.8) is 0 Å². The molecule has 152 valence electrons. The zero-order valence-electron chi connectivity index (χ0n) is 15.6. The maximum Gasteiger partial charge on any atom is 0.255 e. The maximum atomic E-state index is 12.6. The number of anilines is 2. The first-order chi connectivity index (χ1) is 13.9. The van der Waals surface area contributed by atoms with Crippen molar-refractivity contribution in [2.24, 2.45) is 0 Å². The summed E-state index contributed by atoms with van der Waals surface area (Å²) < 4.78 is 26.2. The van der Waals surface area contributed by atoms with E-state index in [1.807, 2.05) is 6.07 Å². The predicted octanol–water partition coefficient (Wildman–Crippen LogP) is 2.98. The molecule has 2 aromatic carbocycles. The molecule has 0 saturated heterocycles. The first-order valence-electron chi connectivity index (χ1n) is 8.91. The SMILES string of the molecule is C=CCNS(=O)(=O)Cc1ccc(NC(=O)c2ccc3c(c2)NC(=O)CCS3)cc1. The first-order valence-corrected chi connectivity index (χ1v) is 11.6. The number of carbonyl (C=O) groups is 2.